The number of benzene rings is 1. The van der Waals surface area contributed by atoms with Gasteiger partial charge < -0.3 is 5.32 Å². The van der Waals surface area contributed by atoms with Crippen LogP contribution in [-0.4, -0.2) is 83.9 Å². The number of nitrogens with one attached hydrogen (secondary N) is 2. The SMILES string of the molecule is CC(C)N1CCC(N(c2cnn(C)c2)S(=O)(=O)NC(=O)Nc2c3c(cc4c2CCC4)CCC3)C1.[NaH]. The van der Waals surface area contributed by atoms with Crippen LogP contribution in [0, 0.1) is 0 Å². The summed E-state index contributed by atoms with van der Waals surface area (Å²) in [6, 6.07) is 1.63. The summed E-state index contributed by atoms with van der Waals surface area (Å²) in [6.07, 6.45) is 9.89. The number of aryl methyl sites for hydroxylation is 3. The molecule has 1 atom stereocenters. The fourth-order valence-corrected chi connectivity index (χ4v) is 7.09. The van der Waals surface area contributed by atoms with Crippen LogP contribution in [-0.2, 0) is 42.9 Å². The molecule has 3 aliphatic rings. The maximum atomic E-state index is 13.6. The predicted octanol–water partition coefficient (Wildman–Crippen LogP) is 2.10. The quantitative estimate of drug-likeness (QED) is 0.580. The molecule has 1 aromatic carbocycles. The van der Waals surface area contributed by atoms with E-state index >= 15 is 0 Å². The van der Waals surface area contributed by atoms with Gasteiger partial charge in [-0.1, -0.05) is 6.07 Å². The third kappa shape index (κ3) is 5.27. The molecule has 0 radical (unpaired) electrons. The number of fused-ring (bicyclic) bond motifs is 2. The molecule has 1 unspecified atom stereocenters. The first-order valence-electron chi connectivity index (χ1n) is 12.3. The summed E-state index contributed by atoms with van der Waals surface area (Å²) in [6.45, 7) is 5.62. The van der Waals surface area contributed by atoms with Crippen LogP contribution < -0.4 is 14.3 Å². The molecule has 0 bridgehead atoms. The Morgan fingerprint density at radius 1 is 1.14 bits per heavy atom. The van der Waals surface area contributed by atoms with E-state index in [0.717, 1.165) is 50.8 Å². The second kappa shape index (κ2) is 10.4. The maximum absolute atomic E-state index is 13.6. The van der Waals surface area contributed by atoms with Gasteiger partial charge in [-0.25, -0.2) is 13.8 Å². The number of urea groups is 1. The molecule has 1 saturated heterocycles. The van der Waals surface area contributed by atoms with Crippen molar-refractivity contribution in [2.75, 3.05) is 22.7 Å². The first-order chi connectivity index (χ1) is 16.2. The van der Waals surface area contributed by atoms with E-state index in [0.29, 0.717) is 24.7 Å². The van der Waals surface area contributed by atoms with Crippen molar-refractivity contribution in [3.05, 3.63) is 40.7 Å². The fraction of sp³-hybridized carbons (Fsp3) is 0.583. The molecule has 35 heavy (non-hydrogen) atoms. The second-order valence-corrected chi connectivity index (χ2v) is 11.5. The third-order valence-electron chi connectivity index (χ3n) is 7.39. The Morgan fingerprint density at radius 2 is 1.80 bits per heavy atom. The second-order valence-electron chi connectivity index (χ2n) is 9.99. The summed E-state index contributed by atoms with van der Waals surface area (Å²) < 4.78 is 32.4. The summed E-state index contributed by atoms with van der Waals surface area (Å²) >= 11 is 0. The first-order valence-corrected chi connectivity index (χ1v) is 13.7. The average molecular weight is 511 g/mol. The van der Waals surface area contributed by atoms with Gasteiger partial charge in [0.25, 0.3) is 0 Å². The van der Waals surface area contributed by atoms with Crippen LogP contribution >= 0.6 is 0 Å². The van der Waals surface area contributed by atoms with Gasteiger partial charge in [0, 0.05) is 38.1 Å². The molecular weight excluding hydrogens is 475 g/mol. The Labute approximate surface area is 230 Å². The topological polar surface area (TPSA) is 99.6 Å². The molecule has 11 heteroatoms. The van der Waals surface area contributed by atoms with Gasteiger partial charge in [0.15, 0.2) is 0 Å². The van der Waals surface area contributed by atoms with E-state index < -0.39 is 16.2 Å². The molecule has 1 aromatic heterocycles. The number of carbonyl (C=O) groups excluding carboxylic acids is 1. The summed E-state index contributed by atoms with van der Waals surface area (Å²) in [4.78, 5) is 15.3. The van der Waals surface area contributed by atoms with Gasteiger partial charge in [0.2, 0.25) is 0 Å². The van der Waals surface area contributed by atoms with Crippen LogP contribution in [0.2, 0.25) is 0 Å². The normalized spacial score (nSPS) is 19.4. The van der Waals surface area contributed by atoms with Gasteiger partial charge in [0.05, 0.1) is 17.9 Å². The Hall–Kier alpha value is -1.59. The predicted molar refractivity (Wildman–Crippen MR) is 140 cm³/mol. The number of aromatic nitrogens is 2. The van der Waals surface area contributed by atoms with E-state index in [4.69, 9.17) is 0 Å². The molecule has 9 nitrogen and oxygen atoms in total. The number of hydrogen-bond donors (Lipinski definition) is 2. The third-order valence-corrected chi connectivity index (χ3v) is 8.86. The number of anilines is 2. The number of nitrogens with zero attached hydrogens (tertiary/aromatic N) is 4. The van der Waals surface area contributed by atoms with Crippen LogP contribution in [0.4, 0.5) is 16.2 Å². The van der Waals surface area contributed by atoms with Crippen LogP contribution in [0.25, 0.3) is 0 Å². The molecule has 2 heterocycles. The van der Waals surface area contributed by atoms with E-state index in [1.165, 1.54) is 32.8 Å². The molecule has 2 amide bonds. The van der Waals surface area contributed by atoms with Crippen molar-refractivity contribution in [3.8, 4) is 0 Å². The van der Waals surface area contributed by atoms with Crippen molar-refractivity contribution in [2.45, 2.75) is 70.9 Å². The minimum atomic E-state index is -4.15. The molecule has 2 N–H and O–H groups in total. The van der Waals surface area contributed by atoms with E-state index in [1.54, 1.807) is 17.9 Å². The van der Waals surface area contributed by atoms with Crippen molar-refractivity contribution < 1.29 is 13.2 Å². The minimum absolute atomic E-state index is 0. The Bertz CT molecular complexity index is 1180. The summed E-state index contributed by atoms with van der Waals surface area (Å²) in [5, 5.41) is 7.11. The van der Waals surface area contributed by atoms with Crippen molar-refractivity contribution in [3.63, 3.8) is 0 Å². The van der Waals surface area contributed by atoms with Gasteiger partial charge in [-0.2, -0.15) is 13.5 Å². The van der Waals surface area contributed by atoms with E-state index in [2.05, 4.69) is 40.0 Å². The van der Waals surface area contributed by atoms with E-state index in [9.17, 15) is 13.2 Å². The molecular formula is C24H35N6NaO3S. The molecule has 1 fully saturated rings. The molecule has 1 aliphatic heterocycles. The molecule has 2 aromatic rings. The zero-order chi connectivity index (χ0) is 24.0. The number of rotatable bonds is 6. The number of amides is 2. The molecule has 0 spiro atoms. The van der Waals surface area contributed by atoms with Crippen molar-refractivity contribution in [1.82, 2.24) is 19.4 Å². The molecule has 186 valence electrons. The Kier molecular flexibility index (Phi) is 7.88. The standard InChI is InChI=1S/C24H34N6O3S.Na.H/c1-16(2)29-11-10-19(15-29)30(20-13-25-28(3)14-20)34(32,33)27-24(31)26-23-21-8-4-6-17(21)12-18-7-5-9-22(18)23;;/h12-14,16,19H,4-11,15H2,1-3H3,(H2,26,27,31);;. The number of likely N-dealkylation sites (tertiary alicyclic amines) is 1. The van der Waals surface area contributed by atoms with Gasteiger partial charge >= 0.3 is 45.8 Å². The molecule has 0 saturated carbocycles. The molecule has 5 rings (SSSR count). The van der Waals surface area contributed by atoms with Crippen molar-refractivity contribution >= 4 is 57.2 Å². The van der Waals surface area contributed by atoms with E-state index in [1.807, 2.05) is 0 Å². The van der Waals surface area contributed by atoms with Gasteiger partial charge in [0.1, 0.15) is 0 Å². The van der Waals surface area contributed by atoms with Crippen LogP contribution in [0.15, 0.2) is 18.5 Å². The molecule has 2 aliphatic carbocycles. The van der Waals surface area contributed by atoms with Crippen LogP contribution in [0.5, 0.6) is 0 Å². The zero-order valence-electron chi connectivity index (χ0n) is 20.2. The number of hydrogen-bond acceptors (Lipinski definition) is 5. The van der Waals surface area contributed by atoms with Crippen molar-refractivity contribution in [2.24, 2.45) is 7.05 Å². The van der Waals surface area contributed by atoms with Gasteiger partial charge in [-0.15, -0.1) is 0 Å². The fourth-order valence-electron chi connectivity index (χ4n) is 5.77. The number of carbonyl (C=O) groups is 1. The van der Waals surface area contributed by atoms with Gasteiger partial charge in [-0.3, -0.25) is 9.58 Å². The summed E-state index contributed by atoms with van der Waals surface area (Å²) in [5.41, 5.74) is 6.20. The Balaban J connectivity index is 0.00000289. The summed E-state index contributed by atoms with van der Waals surface area (Å²) in [5.74, 6) is 0. The Morgan fingerprint density at radius 3 is 2.34 bits per heavy atom. The van der Waals surface area contributed by atoms with Gasteiger partial charge in [-0.05, 0) is 81.0 Å². The van der Waals surface area contributed by atoms with Crippen LogP contribution in [0.3, 0.4) is 0 Å². The summed E-state index contributed by atoms with van der Waals surface area (Å²) in [7, 11) is -2.40. The van der Waals surface area contributed by atoms with Crippen molar-refractivity contribution in [1.29, 1.82) is 0 Å². The zero-order valence-corrected chi connectivity index (χ0v) is 21.0. The first kappa shape index (κ1) is 26.5. The van der Waals surface area contributed by atoms with Crippen LogP contribution in [0.1, 0.15) is 55.4 Å². The average Bonchev–Trinajstić information content (AvgIpc) is 3.54. The van der Waals surface area contributed by atoms with E-state index in [-0.39, 0.29) is 35.6 Å². The monoisotopic (exact) mass is 510 g/mol.